The molecule has 2 nitrogen and oxygen atoms in total. The molecule has 0 heterocycles. The Morgan fingerprint density at radius 3 is 2.60 bits per heavy atom. The molecule has 0 amide bonds. The highest BCUT2D eigenvalue weighted by molar-refractivity contribution is 6.01. The van der Waals surface area contributed by atoms with Crippen molar-refractivity contribution in [3.63, 3.8) is 0 Å². The molecule has 1 aliphatic carbocycles. The van der Waals surface area contributed by atoms with Gasteiger partial charge in [0, 0.05) is 12.7 Å². The molecule has 0 N–H and O–H groups in total. The van der Waals surface area contributed by atoms with Crippen LogP contribution in [0.25, 0.3) is 0 Å². The average Bonchev–Trinajstić information content (AvgIpc) is 3.03. The number of ether oxygens (including phenoxy) is 1. The van der Waals surface area contributed by atoms with E-state index in [-0.39, 0.29) is 11.9 Å². The van der Waals surface area contributed by atoms with E-state index in [0.29, 0.717) is 5.92 Å². The highest BCUT2D eigenvalue weighted by Crippen LogP contribution is 2.35. The predicted molar refractivity (Wildman–Crippen MR) is 59.0 cm³/mol. The van der Waals surface area contributed by atoms with E-state index in [0.717, 1.165) is 24.0 Å². The zero-order valence-corrected chi connectivity index (χ0v) is 9.19. The van der Waals surface area contributed by atoms with Crippen molar-refractivity contribution >= 4 is 5.78 Å². The van der Waals surface area contributed by atoms with Crippen LogP contribution in [0.15, 0.2) is 24.3 Å². The maximum atomic E-state index is 12.2. The molecule has 0 radical (unpaired) electrons. The summed E-state index contributed by atoms with van der Waals surface area (Å²) in [5.74, 6) is 0.584. The van der Waals surface area contributed by atoms with E-state index in [1.54, 1.807) is 7.11 Å². The van der Waals surface area contributed by atoms with Crippen molar-refractivity contribution in [2.75, 3.05) is 7.11 Å². The van der Waals surface area contributed by atoms with Gasteiger partial charge < -0.3 is 4.74 Å². The Hall–Kier alpha value is -1.15. The number of benzene rings is 1. The summed E-state index contributed by atoms with van der Waals surface area (Å²) in [5, 5.41) is 0. The lowest BCUT2D eigenvalue weighted by Gasteiger charge is -2.14. The van der Waals surface area contributed by atoms with Gasteiger partial charge in [0.1, 0.15) is 6.10 Å². The molecular weight excluding hydrogens is 188 g/mol. The van der Waals surface area contributed by atoms with Gasteiger partial charge in [-0.3, -0.25) is 4.79 Å². The first-order valence-corrected chi connectivity index (χ1v) is 5.36. The second-order valence-electron chi connectivity index (χ2n) is 4.17. The quantitative estimate of drug-likeness (QED) is 0.705. The van der Waals surface area contributed by atoms with E-state index in [2.05, 4.69) is 0 Å². The van der Waals surface area contributed by atoms with Gasteiger partial charge in [-0.15, -0.1) is 0 Å². The molecule has 0 aromatic heterocycles. The van der Waals surface area contributed by atoms with Crippen LogP contribution < -0.4 is 0 Å². The third-order valence-corrected chi connectivity index (χ3v) is 2.97. The van der Waals surface area contributed by atoms with Crippen LogP contribution in [-0.2, 0) is 4.74 Å². The molecular formula is C13H16O2. The molecule has 1 aromatic rings. The molecule has 0 saturated heterocycles. The number of hydrogen-bond donors (Lipinski definition) is 0. The van der Waals surface area contributed by atoms with E-state index in [9.17, 15) is 4.79 Å². The molecule has 1 aliphatic rings. The SMILES string of the molecule is COC(C(=O)c1ccccc1C)C1CC1. The summed E-state index contributed by atoms with van der Waals surface area (Å²) in [6.45, 7) is 1.97. The largest absolute Gasteiger partial charge is 0.373 e. The minimum Gasteiger partial charge on any atom is -0.373 e. The van der Waals surface area contributed by atoms with Gasteiger partial charge in [0.05, 0.1) is 0 Å². The number of methoxy groups -OCH3 is 1. The van der Waals surface area contributed by atoms with E-state index in [1.165, 1.54) is 0 Å². The van der Waals surface area contributed by atoms with Crippen molar-refractivity contribution in [2.24, 2.45) is 5.92 Å². The summed E-state index contributed by atoms with van der Waals surface area (Å²) >= 11 is 0. The van der Waals surface area contributed by atoms with Crippen LogP contribution >= 0.6 is 0 Å². The second-order valence-corrected chi connectivity index (χ2v) is 4.17. The number of ketones is 1. The van der Waals surface area contributed by atoms with Crippen LogP contribution in [0.2, 0.25) is 0 Å². The fraction of sp³-hybridized carbons (Fsp3) is 0.462. The Morgan fingerprint density at radius 1 is 1.40 bits per heavy atom. The normalized spacial score (nSPS) is 17.5. The number of hydrogen-bond acceptors (Lipinski definition) is 2. The van der Waals surface area contributed by atoms with E-state index in [4.69, 9.17) is 4.74 Å². The number of Topliss-reactive ketones (excluding diaryl/α,β-unsaturated/α-hetero) is 1. The van der Waals surface area contributed by atoms with Gasteiger partial charge in [0.25, 0.3) is 0 Å². The molecule has 0 spiro atoms. The Balaban J connectivity index is 2.22. The smallest absolute Gasteiger partial charge is 0.192 e. The van der Waals surface area contributed by atoms with Gasteiger partial charge in [-0.25, -0.2) is 0 Å². The molecule has 1 aromatic carbocycles. The Morgan fingerprint density at radius 2 is 2.07 bits per heavy atom. The molecule has 1 saturated carbocycles. The maximum Gasteiger partial charge on any atom is 0.192 e. The maximum absolute atomic E-state index is 12.2. The molecule has 0 bridgehead atoms. The predicted octanol–water partition coefficient (Wildman–Crippen LogP) is 2.60. The molecule has 2 rings (SSSR count). The topological polar surface area (TPSA) is 26.3 Å². The van der Waals surface area contributed by atoms with Gasteiger partial charge >= 0.3 is 0 Å². The first-order valence-electron chi connectivity index (χ1n) is 5.36. The first kappa shape index (κ1) is 10.4. The van der Waals surface area contributed by atoms with Crippen molar-refractivity contribution in [2.45, 2.75) is 25.9 Å². The number of carbonyl (C=O) groups excluding carboxylic acids is 1. The van der Waals surface area contributed by atoms with Crippen LogP contribution in [-0.4, -0.2) is 19.0 Å². The lowest BCUT2D eigenvalue weighted by molar-refractivity contribution is 0.0539. The average molecular weight is 204 g/mol. The third kappa shape index (κ3) is 2.10. The highest BCUT2D eigenvalue weighted by atomic mass is 16.5. The third-order valence-electron chi connectivity index (χ3n) is 2.97. The Bertz CT molecular complexity index is 367. The molecule has 0 aliphatic heterocycles. The van der Waals surface area contributed by atoms with Gasteiger partial charge in [0.2, 0.25) is 0 Å². The zero-order chi connectivity index (χ0) is 10.8. The Kier molecular flexibility index (Phi) is 2.87. The molecule has 1 fully saturated rings. The van der Waals surface area contributed by atoms with Crippen molar-refractivity contribution < 1.29 is 9.53 Å². The number of aryl methyl sites for hydroxylation is 1. The van der Waals surface area contributed by atoms with Gasteiger partial charge in [0.15, 0.2) is 5.78 Å². The van der Waals surface area contributed by atoms with Crippen LogP contribution in [0.3, 0.4) is 0 Å². The molecule has 1 unspecified atom stereocenters. The van der Waals surface area contributed by atoms with Gasteiger partial charge in [-0.05, 0) is 31.2 Å². The van der Waals surface area contributed by atoms with Crippen LogP contribution in [0.5, 0.6) is 0 Å². The summed E-state index contributed by atoms with van der Waals surface area (Å²) in [4.78, 5) is 12.2. The van der Waals surface area contributed by atoms with Crippen LogP contribution in [0.1, 0.15) is 28.8 Å². The second kappa shape index (κ2) is 4.15. The number of rotatable bonds is 4. The summed E-state index contributed by atoms with van der Waals surface area (Å²) in [5.41, 5.74) is 1.83. The summed E-state index contributed by atoms with van der Waals surface area (Å²) < 4.78 is 5.30. The highest BCUT2D eigenvalue weighted by Gasteiger charge is 2.36. The molecule has 2 heteroatoms. The lowest BCUT2D eigenvalue weighted by atomic mass is 9.99. The molecule has 1 atom stereocenters. The van der Waals surface area contributed by atoms with E-state index < -0.39 is 0 Å². The zero-order valence-electron chi connectivity index (χ0n) is 9.19. The van der Waals surface area contributed by atoms with Crippen molar-refractivity contribution in [3.8, 4) is 0 Å². The van der Waals surface area contributed by atoms with Crippen LogP contribution in [0, 0.1) is 12.8 Å². The minimum absolute atomic E-state index is 0.137. The van der Waals surface area contributed by atoms with Crippen molar-refractivity contribution in [1.29, 1.82) is 0 Å². The van der Waals surface area contributed by atoms with Crippen molar-refractivity contribution in [3.05, 3.63) is 35.4 Å². The summed E-state index contributed by atoms with van der Waals surface area (Å²) in [6, 6.07) is 7.70. The van der Waals surface area contributed by atoms with Gasteiger partial charge in [-0.2, -0.15) is 0 Å². The Labute approximate surface area is 90.3 Å². The van der Waals surface area contributed by atoms with E-state index in [1.807, 2.05) is 31.2 Å². The van der Waals surface area contributed by atoms with E-state index >= 15 is 0 Å². The summed E-state index contributed by atoms with van der Waals surface area (Å²) in [6.07, 6.45) is 2.01. The molecule has 15 heavy (non-hydrogen) atoms. The fourth-order valence-electron chi connectivity index (χ4n) is 1.92. The monoisotopic (exact) mass is 204 g/mol. The molecule has 80 valence electrons. The fourth-order valence-corrected chi connectivity index (χ4v) is 1.92. The van der Waals surface area contributed by atoms with Gasteiger partial charge in [-0.1, -0.05) is 24.3 Å². The minimum atomic E-state index is -0.230. The number of carbonyl (C=O) groups is 1. The van der Waals surface area contributed by atoms with Crippen molar-refractivity contribution in [1.82, 2.24) is 0 Å². The summed E-state index contributed by atoms with van der Waals surface area (Å²) in [7, 11) is 1.62. The lowest BCUT2D eigenvalue weighted by Crippen LogP contribution is -2.25. The van der Waals surface area contributed by atoms with Crippen LogP contribution in [0.4, 0.5) is 0 Å². The standard InChI is InChI=1S/C13H16O2/c1-9-5-3-4-6-11(9)12(14)13(15-2)10-7-8-10/h3-6,10,13H,7-8H2,1-2H3. The first-order chi connectivity index (χ1) is 7.24.